The number of nitrogens with one attached hydrogen (secondary N) is 1. The molecule has 1 aliphatic rings. The van der Waals surface area contributed by atoms with Gasteiger partial charge in [-0.25, -0.2) is 15.0 Å². The van der Waals surface area contributed by atoms with E-state index in [1.54, 1.807) is 18.5 Å². The van der Waals surface area contributed by atoms with E-state index in [9.17, 15) is 0 Å². The molecule has 1 unspecified atom stereocenters. The maximum absolute atomic E-state index is 6.03. The van der Waals surface area contributed by atoms with E-state index in [4.69, 9.17) is 27.9 Å². The van der Waals surface area contributed by atoms with Crippen molar-refractivity contribution in [1.29, 1.82) is 0 Å². The lowest BCUT2D eigenvalue weighted by Crippen LogP contribution is -2.25. The van der Waals surface area contributed by atoms with Crippen LogP contribution in [0.2, 0.25) is 10.0 Å². The van der Waals surface area contributed by atoms with Crippen LogP contribution in [-0.2, 0) is 0 Å². The van der Waals surface area contributed by atoms with E-state index in [2.05, 4.69) is 24.8 Å². The molecule has 3 aromatic rings. The molecule has 4 rings (SSSR count). The lowest BCUT2D eigenvalue weighted by atomic mass is 10.3. The monoisotopic (exact) mass is 349 g/mol. The number of halogens is 2. The lowest BCUT2D eigenvalue weighted by Gasteiger charge is -2.18. The molecule has 1 aliphatic heterocycles. The minimum Gasteiger partial charge on any atom is -0.488 e. The van der Waals surface area contributed by atoms with Crippen molar-refractivity contribution in [3.05, 3.63) is 40.9 Å². The molecule has 0 aliphatic carbocycles. The maximum atomic E-state index is 6.03. The Morgan fingerprint density at radius 2 is 2.09 bits per heavy atom. The molecular weight excluding hydrogens is 337 g/mol. The van der Waals surface area contributed by atoms with Gasteiger partial charge in [0.15, 0.2) is 11.5 Å². The van der Waals surface area contributed by atoms with Gasteiger partial charge in [-0.3, -0.25) is 0 Å². The number of hydrogen-bond donors (Lipinski definition) is 1. The van der Waals surface area contributed by atoms with Gasteiger partial charge in [-0.1, -0.05) is 23.2 Å². The second-order valence-electron chi connectivity index (χ2n) is 5.35. The summed E-state index contributed by atoms with van der Waals surface area (Å²) in [7, 11) is 0. The highest BCUT2D eigenvalue weighted by Crippen LogP contribution is 2.29. The summed E-state index contributed by atoms with van der Waals surface area (Å²) in [5.41, 5.74) is 1.52. The standard InChI is InChI=1S/C15H13Cl2N5O/c16-11-2-1-9(5-12(11)17)23-10-3-4-22(6-10)15-13-14(19-7-18-13)20-8-21-15/h1-2,5,7-8,10H,3-4,6H2,(H,18,19,20,21). The number of imidazole rings is 1. The summed E-state index contributed by atoms with van der Waals surface area (Å²) in [6, 6.07) is 5.31. The molecule has 118 valence electrons. The van der Waals surface area contributed by atoms with Gasteiger partial charge in [-0.2, -0.15) is 0 Å². The highest BCUT2D eigenvalue weighted by Gasteiger charge is 2.27. The summed E-state index contributed by atoms with van der Waals surface area (Å²) in [4.78, 5) is 17.9. The predicted octanol–water partition coefficient (Wildman–Crippen LogP) is 3.32. The number of anilines is 1. The van der Waals surface area contributed by atoms with E-state index in [0.717, 1.165) is 36.6 Å². The van der Waals surface area contributed by atoms with Gasteiger partial charge in [0.2, 0.25) is 0 Å². The summed E-state index contributed by atoms with van der Waals surface area (Å²) in [6.07, 6.45) is 4.13. The average molecular weight is 350 g/mol. The highest BCUT2D eigenvalue weighted by atomic mass is 35.5. The van der Waals surface area contributed by atoms with Gasteiger partial charge >= 0.3 is 0 Å². The number of hydrogen-bond acceptors (Lipinski definition) is 5. The second-order valence-corrected chi connectivity index (χ2v) is 6.16. The molecule has 1 aromatic carbocycles. The smallest absolute Gasteiger partial charge is 0.182 e. The topological polar surface area (TPSA) is 66.9 Å². The van der Waals surface area contributed by atoms with Crippen LogP contribution in [0.25, 0.3) is 11.2 Å². The van der Waals surface area contributed by atoms with Crippen LogP contribution < -0.4 is 9.64 Å². The van der Waals surface area contributed by atoms with Crippen molar-refractivity contribution in [3.8, 4) is 5.75 Å². The molecule has 1 N–H and O–H groups in total. The van der Waals surface area contributed by atoms with Gasteiger partial charge in [0, 0.05) is 19.0 Å². The van der Waals surface area contributed by atoms with Crippen molar-refractivity contribution in [3.63, 3.8) is 0 Å². The first-order chi connectivity index (χ1) is 11.2. The van der Waals surface area contributed by atoms with Crippen LogP contribution >= 0.6 is 23.2 Å². The van der Waals surface area contributed by atoms with Crippen LogP contribution in [0.4, 0.5) is 5.82 Å². The zero-order chi connectivity index (χ0) is 15.8. The van der Waals surface area contributed by atoms with E-state index >= 15 is 0 Å². The van der Waals surface area contributed by atoms with E-state index in [0.29, 0.717) is 15.7 Å². The molecule has 0 amide bonds. The molecule has 0 saturated carbocycles. The third-order valence-corrected chi connectivity index (χ3v) is 4.58. The number of benzene rings is 1. The fraction of sp³-hybridized carbons (Fsp3) is 0.267. The van der Waals surface area contributed by atoms with Crippen molar-refractivity contribution < 1.29 is 4.74 Å². The summed E-state index contributed by atoms with van der Waals surface area (Å²) < 4.78 is 6.00. The van der Waals surface area contributed by atoms with Gasteiger partial charge in [0.25, 0.3) is 0 Å². The Hall–Kier alpha value is -2.05. The van der Waals surface area contributed by atoms with Gasteiger partial charge < -0.3 is 14.6 Å². The van der Waals surface area contributed by atoms with Crippen molar-refractivity contribution in [2.45, 2.75) is 12.5 Å². The van der Waals surface area contributed by atoms with Crippen LogP contribution in [-0.4, -0.2) is 39.1 Å². The Balaban J connectivity index is 1.50. The predicted molar refractivity (Wildman–Crippen MR) is 89.4 cm³/mol. The Bertz CT molecular complexity index is 853. The van der Waals surface area contributed by atoms with Crippen LogP contribution in [0.1, 0.15) is 6.42 Å². The van der Waals surface area contributed by atoms with Crippen molar-refractivity contribution >= 4 is 40.2 Å². The van der Waals surface area contributed by atoms with Gasteiger partial charge in [0.1, 0.15) is 23.7 Å². The van der Waals surface area contributed by atoms with Crippen molar-refractivity contribution in [1.82, 2.24) is 19.9 Å². The number of aromatic nitrogens is 4. The normalized spacial score (nSPS) is 17.8. The van der Waals surface area contributed by atoms with Crippen LogP contribution in [0.5, 0.6) is 5.75 Å². The Kier molecular flexibility index (Phi) is 3.71. The molecule has 1 saturated heterocycles. The Morgan fingerprint density at radius 1 is 1.17 bits per heavy atom. The van der Waals surface area contributed by atoms with E-state index in [-0.39, 0.29) is 6.10 Å². The minimum absolute atomic E-state index is 0.0696. The molecule has 8 heteroatoms. The number of rotatable bonds is 3. The SMILES string of the molecule is Clc1ccc(OC2CCN(c3ncnc4nc[nH]c34)C2)cc1Cl. The molecule has 3 heterocycles. The van der Waals surface area contributed by atoms with Gasteiger partial charge in [-0.05, 0) is 12.1 Å². The first kappa shape index (κ1) is 14.5. The molecule has 1 fully saturated rings. The molecule has 6 nitrogen and oxygen atoms in total. The van der Waals surface area contributed by atoms with Crippen LogP contribution in [0.3, 0.4) is 0 Å². The summed E-state index contributed by atoms with van der Waals surface area (Å²) in [5.74, 6) is 1.58. The van der Waals surface area contributed by atoms with Crippen LogP contribution in [0, 0.1) is 0 Å². The minimum atomic E-state index is 0.0696. The second kappa shape index (κ2) is 5.86. The molecule has 0 bridgehead atoms. The molecule has 0 radical (unpaired) electrons. The molecule has 23 heavy (non-hydrogen) atoms. The lowest BCUT2D eigenvalue weighted by molar-refractivity contribution is 0.225. The molecular formula is C15H13Cl2N5O. The number of ether oxygens (including phenoxy) is 1. The van der Waals surface area contributed by atoms with Crippen molar-refractivity contribution in [2.24, 2.45) is 0 Å². The van der Waals surface area contributed by atoms with E-state index in [1.807, 2.05) is 6.07 Å². The number of nitrogens with zero attached hydrogens (tertiary/aromatic N) is 4. The molecule has 2 aromatic heterocycles. The Labute approximate surface area is 142 Å². The molecule has 0 spiro atoms. The van der Waals surface area contributed by atoms with Crippen LogP contribution in [0.15, 0.2) is 30.9 Å². The Morgan fingerprint density at radius 3 is 2.96 bits per heavy atom. The van der Waals surface area contributed by atoms with E-state index < -0.39 is 0 Å². The number of fused-ring (bicyclic) bond motifs is 1. The fourth-order valence-electron chi connectivity index (χ4n) is 2.75. The first-order valence-electron chi connectivity index (χ1n) is 7.21. The number of aromatic amines is 1. The van der Waals surface area contributed by atoms with Gasteiger partial charge in [-0.15, -0.1) is 0 Å². The molecule has 1 atom stereocenters. The first-order valence-corrected chi connectivity index (χ1v) is 7.97. The summed E-state index contributed by atoms with van der Waals surface area (Å²) >= 11 is 12.0. The maximum Gasteiger partial charge on any atom is 0.182 e. The zero-order valence-electron chi connectivity index (χ0n) is 12.0. The number of H-pyrrole nitrogens is 1. The highest BCUT2D eigenvalue weighted by molar-refractivity contribution is 6.42. The van der Waals surface area contributed by atoms with Gasteiger partial charge in [0.05, 0.1) is 22.9 Å². The summed E-state index contributed by atoms with van der Waals surface area (Å²) in [6.45, 7) is 1.60. The third kappa shape index (κ3) is 2.80. The summed E-state index contributed by atoms with van der Waals surface area (Å²) in [5, 5.41) is 1.02. The third-order valence-electron chi connectivity index (χ3n) is 3.84. The largest absolute Gasteiger partial charge is 0.488 e. The quantitative estimate of drug-likeness (QED) is 0.785. The zero-order valence-corrected chi connectivity index (χ0v) is 13.6. The average Bonchev–Trinajstić information content (AvgIpc) is 3.19. The fourth-order valence-corrected chi connectivity index (χ4v) is 3.04. The van der Waals surface area contributed by atoms with E-state index in [1.165, 1.54) is 6.33 Å². The van der Waals surface area contributed by atoms with Crippen molar-refractivity contribution in [2.75, 3.05) is 18.0 Å².